The van der Waals surface area contributed by atoms with Crippen LogP contribution in [0.4, 0.5) is 0 Å². The van der Waals surface area contributed by atoms with Gasteiger partial charge >= 0.3 is 11.8 Å². The summed E-state index contributed by atoms with van der Waals surface area (Å²) in [7, 11) is 0. The highest BCUT2D eigenvalue weighted by Crippen LogP contribution is 2.20. The molecule has 0 bridgehead atoms. The van der Waals surface area contributed by atoms with Gasteiger partial charge in [-0.15, -0.1) is 0 Å². The van der Waals surface area contributed by atoms with Crippen LogP contribution in [0.25, 0.3) is 21.5 Å². The van der Waals surface area contributed by atoms with Gasteiger partial charge in [0.2, 0.25) is 0 Å². The first-order valence-corrected chi connectivity index (χ1v) is 6.21. The van der Waals surface area contributed by atoms with Crippen LogP contribution < -0.4 is 10.7 Å². The van der Waals surface area contributed by atoms with Gasteiger partial charge in [-0.25, -0.2) is 9.98 Å². The van der Waals surface area contributed by atoms with E-state index in [0.717, 1.165) is 21.5 Å². The summed E-state index contributed by atoms with van der Waals surface area (Å²) in [5.74, 6) is -1.61. The Morgan fingerprint density at radius 2 is 0.900 bits per heavy atom. The normalized spacial score (nSPS) is 14.0. The highest BCUT2D eigenvalue weighted by atomic mass is 16.2. The number of carbonyl (C=O) groups excluding carboxylic acids is 2. The summed E-state index contributed by atoms with van der Waals surface area (Å²) < 4.78 is 0. The van der Waals surface area contributed by atoms with E-state index >= 15 is 0 Å². The number of amides is 2. The number of rotatable bonds is 0. The Morgan fingerprint density at radius 1 is 0.550 bits per heavy atom. The van der Waals surface area contributed by atoms with Gasteiger partial charge in [-0.2, -0.15) is 0 Å². The van der Waals surface area contributed by atoms with E-state index in [1.54, 1.807) is 0 Å². The molecular weight excluding hydrogens is 252 g/mol. The predicted octanol–water partition coefficient (Wildman–Crippen LogP) is 1.30. The zero-order chi connectivity index (χ0) is 13.7. The maximum Gasteiger partial charge on any atom is 0.338 e. The summed E-state index contributed by atoms with van der Waals surface area (Å²) in [5.41, 5.74) is 0. The highest BCUT2D eigenvalue weighted by Gasteiger charge is 2.18. The molecule has 94 valence electrons. The minimum absolute atomic E-state index is 0.490. The van der Waals surface area contributed by atoms with E-state index in [-0.39, 0.29) is 0 Å². The monoisotopic (exact) mass is 260 g/mol. The third-order valence-corrected chi connectivity index (χ3v) is 3.49. The number of nitrogens with zero attached hydrogens (tertiary/aromatic N) is 2. The van der Waals surface area contributed by atoms with Crippen LogP contribution >= 0.6 is 0 Å². The van der Waals surface area contributed by atoms with Crippen LogP contribution in [0.1, 0.15) is 0 Å². The summed E-state index contributed by atoms with van der Waals surface area (Å²) in [6.07, 6.45) is 0. The van der Waals surface area contributed by atoms with Crippen LogP contribution in [0.15, 0.2) is 58.5 Å². The van der Waals surface area contributed by atoms with Crippen LogP contribution in [0.3, 0.4) is 0 Å². The Labute approximate surface area is 113 Å². The van der Waals surface area contributed by atoms with E-state index in [2.05, 4.69) is 9.98 Å². The molecule has 4 rings (SSSR count). The molecule has 0 unspecified atom stereocenters. The van der Waals surface area contributed by atoms with Gasteiger partial charge in [-0.3, -0.25) is 9.59 Å². The average molecular weight is 260 g/mol. The Hall–Kier alpha value is -2.88. The second kappa shape index (κ2) is 3.81. The fourth-order valence-electron chi connectivity index (χ4n) is 2.63. The van der Waals surface area contributed by atoms with Crippen LogP contribution in [-0.2, 0) is 9.59 Å². The molecule has 2 amide bonds. The summed E-state index contributed by atoms with van der Waals surface area (Å²) in [6, 6.07) is 15.4. The van der Waals surface area contributed by atoms with Crippen molar-refractivity contribution in [2.24, 2.45) is 9.98 Å². The fraction of sp³-hybridized carbons (Fsp3) is 0. The van der Waals surface area contributed by atoms with Crippen molar-refractivity contribution in [3.63, 3.8) is 0 Å². The molecule has 4 heteroatoms. The predicted molar refractivity (Wildman–Crippen MR) is 73.8 cm³/mol. The maximum atomic E-state index is 11.5. The topological polar surface area (TPSA) is 58.9 Å². The van der Waals surface area contributed by atoms with E-state index in [4.69, 9.17) is 0 Å². The second-order valence-corrected chi connectivity index (χ2v) is 4.62. The zero-order valence-electron chi connectivity index (χ0n) is 10.3. The number of benzene rings is 3. The fourth-order valence-corrected chi connectivity index (χ4v) is 2.63. The van der Waals surface area contributed by atoms with Crippen molar-refractivity contribution in [3.05, 3.63) is 59.2 Å². The van der Waals surface area contributed by atoms with Crippen molar-refractivity contribution < 1.29 is 9.59 Å². The number of fused-ring (bicyclic) bond motifs is 6. The third kappa shape index (κ3) is 1.36. The zero-order valence-corrected chi connectivity index (χ0v) is 10.3. The Kier molecular flexibility index (Phi) is 2.09. The molecule has 0 saturated carbocycles. The molecule has 0 saturated heterocycles. The van der Waals surface area contributed by atoms with Gasteiger partial charge in [-0.05, 0) is 10.8 Å². The molecule has 1 aliphatic rings. The molecule has 20 heavy (non-hydrogen) atoms. The molecular formula is C16H8N2O2. The van der Waals surface area contributed by atoms with E-state index in [0.29, 0.717) is 10.7 Å². The lowest BCUT2D eigenvalue weighted by Crippen LogP contribution is -2.35. The summed E-state index contributed by atoms with van der Waals surface area (Å²) in [5, 5.41) is 4.66. The summed E-state index contributed by atoms with van der Waals surface area (Å²) in [4.78, 5) is 30.9. The van der Waals surface area contributed by atoms with E-state index in [1.807, 2.05) is 48.5 Å². The molecule has 0 radical (unpaired) electrons. The molecule has 0 fully saturated rings. The SMILES string of the molecule is O=C1N=c2c(c3ccccc3c3ccccc23)=NC1=O. The van der Waals surface area contributed by atoms with Crippen molar-refractivity contribution in [2.75, 3.05) is 0 Å². The molecule has 0 aromatic heterocycles. The van der Waals surface area contributed by atoms with Crippen molar-refractivity contribution >= 4 is 33.4 Å². The van der Waals surface area contributed by atoms with Gasteiger partial charge in [0.05, 0.1) is 0 Å². The van der Waals surface area contributed by atoms with Gasteiger partial charge in [0, 0.05) is 10.8 Å². The molecule has 3 aromatic rings. The van der Waals surface area contributed by atoms with E-state index in [1.165, 1.54) is 0 Å². The lowest BCUT2D eigenvalue weighted by atomic mass is 10.0. The third-order valence-electron chi connectivity index (χ3n) is 3.49. The van der Waals surface area contributed by atoms with Gasteiger partial charge < -0.3 is 0 Å². The molecule has 0 N–H and O–H groups in total. The lowest BCUT2D eigenvalue weighted by Gasteiger charge is -2.07. The standard InChI is InChI=1S/C16H8N2O2/c19-15-16(20)18-14-12-8-4-2-6-10(12)9-5-1-3-7-11(9)13(14)17-15/h1-8H. The number of hydrogen-bond acceptors (Lipinski definition) is 2. The first kappa shape index (κ1) is 11.0. The molecule has 3 aromatic carbocycles. The van der Waals surface area contributed by atoms with Gasteiger partial charge in [-0.1, -0.05) is 48.5 Å². The Morgan fingerprint density at radius 3 is 1.30 bits per heavy atom. The van der Waals surface area contributed by atoms with E-state index in [9.17, 15) is 9.59 Å². The van der Waals surface area contributed by atoms with Gasteiger partial charge in [0.25, 0.3) is 0 Å². The minimum Gasteiger partial charge on any atom is -0.261 e. The van der Waals surface area contributed by atoms with Crippen LogP contribution in [0.2, 0.25) is 0 Å². The van der Waals surface area contributed by atoms with Crippen molar-refractivity contribution in [1.82, 2.24) is 0 Å². The summed E-state index contributed by atoms with van der Waals surface area (Å²) in [6.45, 7) is 0. The molecule has 1 aliphatic heterocycles. The maximum absolute atomic E-state index is 11.5. The van der Waals surface area contributed by atoms with Crippen LogP contribution in [-0.4, -0.2) is 11.8 Å². The van der Waals surface area contributed by atoms with Crippen molar-refractivity contribution in [2.45, 2.75) is 0 Å². The van der Waals surface area contributed by atoms with Crippen LogP contribution in [0.5, 0.6) is 0 Å². The smallest absolute Gasteiger partial charge is 0.261 e. The van der Waals surface area contributed by atoms with Crippen molar-refractivity contribution in [1.29, 1.82) is 0 Å². The van der Waals surface area contributed by atoms with Crippen molar-refractivity contribution in [3.8, 4) is 0 Å². The molecule has 0 spiro atoms. The molecule has 0 aliphatic carbocycles. The molecule has 0 atom stereocenters. The number of hydrogen-bond donors (Lipinski definition) is 0. The molecule has 1 heterocycles. The van der Waals surface area contributed by atoms with Crippen LogP contribution in [0, 0.1) is 0 Å². The largest absolute Gasteiger partial charge is 0.338 e. The number of carbonyl (C=O) groups is 2. The highest BCUT2D eigenvalue weighted by molar-refractivity contribution is 6.36. The summed E-state index contributed by atoms with van der Waals surface area (Å²) >= 11 is 0. The second-order valence-electron chi connectivity index (χ2n) is 4.62. The van der Waals surface area contributed by atoms with Gasteiger partial charge in [0.1, 0.15) is 10.7 Å². The lowest BCUT2D eigenvalue weighted by molar-refractivity contribution is -0.135. The van der Waals surface area contributed by atoms with E-state index < -0.39 is 11.8 Å². The average Bonchev–Trinajstić information content (AvgIpc) is 2.49. The Bertz CT molecular complexity index is 951. The first-order chi connectivity index (χ1) is 9.75. The van der Waals surface area contributed by atoms with Gasteiger partial charge in [0.15, 0.2) is 0 Å². The minimum atomic E-state index is -0.807. The Balaban J connectivity index is 2.45. The quantitative estimate of drug-likeness (QED) is 0.452. The molecule has 4 nitrogen and oxygen atoms in total. The first-order valence-electron chi connectivity index (χ1n) is 6.21.